The molecule has 1 unspecified atom stereocenters. The van der Waals surface area contributed by atoms with E-state index in [4.69, 9.17) is 14.6 Å². The maximum atomic E-state index is 11.8. The maximum Gasteiger partial charge on any atom is 0.407 e. The molecule has 31 heavy (non-hydrogen) atoms. The van der Waals surface area contributed by atoms with E-state index in [1.165, 1.54) is 0 Å². The zero-order valence-corrected chi connectivity index (χ0v) is 17.8. The van der Waals surface area contributed by atoms with Gasteiger partial charge in [-0.1, -0.05) is 6.07 Å². The van der Waals surface area contributed by atoms with E-state index >= 15 is 0 Å². The highest BCUT2D eigenvalue weighted by Gasteiger charge is 2.23. The Bertz CT molecular complexity index is 736. The molecule has 2 aliphatic rings. The molecular weight excluding hydrogens is 402 g/mol. The molecule has 0 radical (unpaired) electrons. The fourth-order valence-electron chi connectivity index (χ4n) is 3.91. The number of carbonyl (C=O) groups excluding carboxylic acids is 2. The molecule has 172 valence electrons. The van der Waals surface area contributed by atoms with Gasteiger partial charge in [0.05, 0.1) is 6.61 Å². The largest absolute Gasteiger partial charge is 0.490 e. The lowest BCUT2D eigenvalue weighted by molar-refractivity contribution is -0.116. The number of nitrogens with zero attached hydrogens (tertiary/aromatic N) is 1. The number of piperidine rings is 1. The molecular formula is C22H33N3O6. The molecule has 1 atom stereocenters. The Morgan fingerprint density at radius 2 is 2.06 bits per heavy atom. The second kappa shape index (κ2) is 11.9. The number of unbranched alkanes of at least 4 members (excludes halogenated alkanes) is 1. The standard InChI is InChI=1S/C22H33N3O6/c26-12-1-2-13-30-22(29)23-16-8-10-25(11-9-16)14-17(27)15-31-20-5-3-4-19-18(20)6-7-21(28)24-19/h3-5,16-17,26-27H,1-2,6-15H2,(H,23,29)(H,24,28). The van der Waals surface area contributed by atoms with Crippen molar-refractivity contribution in [3.8, 4) is 5.75 Å². The van der Waals surface area contributed by atoms with Gasteiger partial charge in [0.2, 0.25) is 5.91 Å². The van der Waals surface area contributed by atoms with E-state index in [-0.39, 0.29) is 25.2 Å². The van der Waals surface area contributed by atoms with Gasteiger partial charge in [-0.25, -0.2) is 4.79 Å². The minimum absolute atomic E-state index is 0.0116. The van der Waals surface area contributed by atoms with Gasteiger partial charge in [0.25, 0.3) is 0 Å². The molecule has 0 spiro atoms. The molecule has 3 rings (SSSR count). The van der Waals surface area contributed by atoms with Crippen molar-refractivity contribution in [2.75, 3.05) is 44.8 Å². The highest BCUT2D eigenvalue weighted by atomic mass is 16.5. The molecule has 0 bridgehead atoms. The molecule has 1 saturated heterocycles. The minimum atomic E-state index is -0.630. The molecule has 0 aliphatic carbocycles. The topological polar surface area (TPSA) is 120 Å². The number of rotatable bonds is 10. The number of aliphatic hydroxyl groups excluding tert-OH is 2. The zero-order valence-electron chi connectivity index (χ0n) is 17.8. The summed E-state index contributed by atoms with van der Waals surface area (Å²) in [5.74, 6) is 0.717. The second-order valence-electron chi connectivity index (χ2n) is 8.08. The Hall–Kier alpha value is -2.36. The van der Waals surface area contributed by atoms with Crippen molar-refractivity contribution in [3.63, 3.8) is 0 Å². The third kappa shape index (κ3) is 7.37. The Balaban J connectivity index is 1.34. The smallest absolute Gasteiger partial charge is 0.407 e. The molecule has 0 aromatic heterocycles. The maximum absolute atomic E-state index is 11.8. The normalized spacial score (nSPS) is 18.1. The van der Waals surface area contributed by atoms with Gasteiger partial charge in [0, 0.05) is 50.0 Å². The van der Waals surface area contributed by atoms with Crippen molar-refractivity contribution in [2.45, 2.75) is 50.7 Å². The SMILES string of the molecule is O=C1CCc2c(cccc2OCC(O)CN2CCC(NC(=O)OCCCCO)CC2)N1. The summed E-state index contributed by atoms with van der Waals surface area (Å²) in [6.07, 6.45) is 2.91. The molecule has 1 fully saturated rings. The predicted octanol–water partition coefficient (Wildman–Crippen LogP) is 1.27. The number of β-amino-alcohol motifs (C(OH)–C–C–N with tert-alkyl or cyclic N) is 1. The lowest BCUT2D eigenvalue weighted by atomic mass is 10.0. The number of alkyl carbamates (subject to hydrolysis) is 1. The van der Waals surface area contributed by atoms with E-state index in [2.05, 4.69) is 15.5 Å². The van der Waals surface area contributed by atoms with Crippen molar-refractivity contribution in [1.29, 1.82) is 0 Å². The molecule has 1 aromatic rings. The highest BCUT2D eigenvalue weighted by molar-refractivity contribution is 5.94. The van der Waals surface area contributed by atoms with Crippen LogP contribution in [0.1, 0.15) is 37.7 Å². The first-order chi connectivity index (χ1) is 15.0. The van der Waals surface area contributed by atoms with E-state index in [9.17, 15) is 14.7 Å². The van der Waals surface area contributed by atoms with E-state index in [1.807, 2.05) is 18.2 Å². The monoisotopic (exact) mass is 435 g/mol. The molecule has 9 nitrogen and oxygen atoms in total. The van der Waals surface area contributed by atoms with Crippen molar-refractivity contribution in [2.24, 2.45) is 0 Å². The average molecular weight is 436 g/mol. The molecule has 1 aromatic carbocycles. The van der Waals surface area contributed by atoms with Crippen LogP contribution < -0.4 is 15.4 Å². The summed E-state index contributed by atoms with van der Waals surface area (Å²) in [4.78, 5) is 25.5. The first-order valence-corrected chi connectivity index (χ1v) is 11.0. The molecule has 4 N–H and O–H groups in total. The Labute approximate surface area is 182 Å². The third-order valence-corrected chi connectivity index (χ3v) is 5.60. The first kappa shape index (κ1) is 23.3. The zero-order chi connectivity index (χ0) is 22.1. The minimum Gasteiger partial charge on any atom is -0.490 e. The highest BCUT2D eigenvalue weighted by Crippen LogP contribution is 2.31. The van der Waals surface area contributed by atoms with Crippen molar-refractivity contribution >= 4 is 17.7 Å². The van der Waals surface area contributed by atoms with Crippen molar-refractivity contribution in [1.82, 2.24) is 10.2 Å². The second-order valence-corrected chi connectivity index (χ2v) is 8.08. The van der Waals surface area contributed by atoms with Gasteiger partial charge >= 0.3 is 6.09 Å². The van der Waals surface area contributed by atoms with Crippen LogP contribution in [-0.4, -0.2) is 78.7 Å². The number of hydrogen-bond acceptors (Lipinski definition) is 7. The predicted molar refractivity (Wildman–Crippen MR) is 115 cm³/mol. The van der Waals surface area contributed by atoms with E-state index < -0.39 is 12.2 Å². The van der Waals surface area contributed by atoms with Crippen LogP contribution in [0.25, 0.3) is 0 Å². The van der Waals surface area contributed by atoms with Crippen LogP contribution in [0.5, 0.6) is 5.75 Å². The number of ether oxygens (including phenoxy) is 2. The number of likely N-dealkylation sites (tertiary alicyclic amines) is 1. The lowest BCUT2D eigenvalue weighted by Crippen LogP contribution is -2.47. The summed E-state index contributed by atoms with van der Waals surface area (Å²) in [6, 6.07) is 5.63. The van der Waals surface area contributed by atoms with Crippen LogP contribution in [-0.2, 0) is 16.0 Å². The van der Waals surface area contributed by atoms with E-state index in [0.717, 1.165) is 37.2 Å². The summed E-state index contributed by atoms with van der Waals surface area (Å²) in [7, 11) is 0. The fourth-order valence-corrected chi connectivity index (χ4v) is 3.91. The van der Waals surface area contributed by atoms with Gasteiger partial charge in [0.15, 0.2) is 0 Å². The fraction of sp³-hybridized carbons (Fsp3) is 0.636. The summed E-state index contributed by atoms with van der Waals surface area (Å²) >= 11 is 0. The number of carbonyl (C=O) groups is 2. The molecule has 2 amide bonds. The summed E-state index contributed by atoms with van der Waals surface area (Å²) in [5, 5.41) is 24.9. The first-order valence-electron chi connectivity index (χ1n) is 11.0. The molecule has 2 aliphatic heterocycles. The van der Waals surface area contributed by atoms with Gasteiger partial charge in [-0.3, -0.25) is 4.79 Å². The van der Waals surface area contributed by atoms with Gasteiger partial charge in [-0.05, 0) is 44.2 Å². The molecule has 2 heterocycles. The number of fused-ring (bicyclic) bond motifs is 1. The number of benzene rings is 1. The summed E-state index contributed by atoms with van der Waals surface area (Å²) in [6.45, 7) is 2.66. The van der Waals surface area contributed by atoms with Gasteiger partial charge in [0.1, 0.15) is 18.5 Å². The number of hydrogen-bond donors (Lipinski definition) is 4. The lowest BCUT2D eigenvalue weighted by Gasteiger charge is -2.33. The van der Waals surface area contributed by atoms with E-state index in [0.29, 0.717) is 44.6 Å². The van der Waals surface area contributed by atoms with Crippen molar-refractivity contribution < 1.29 is 29.3 Å². The number of anilines is 1. The average Bonchev–Trinajstić information content (AvgIpc) is 2.76. The van der Waals surface area contributed by atoms with Gasteiger partial charge in [-0.2, -0.15) is 0 Å². The number of aliphatic hydroxyl groups is 2. The quantitative estimate of drug-likeness (QED) is 0.409. The van der Waals surface area contributed by atoms with Gasteiger partial charge < -0.3 is 35.2 Å². The third-order valence-electron chi connectivity index (χ3n) is 5.60. The van der Waals surface area contributed by atoms with Crippen LogP contribution >= 0.6 is 0 Å². The van der Waals surface area contributed by atoms with Crippen LogP contribution in [0, 0.1) is 0 Å². The Morgan fingerprint density at radius 1 is 1.26 bits per heavy atom. The van der Waals surface area contributed by atoms with Crippen molar-refractivity contribution in [3.05, 3.63) is 23.8 Å². The van der Waals surface area contributed by atoms with E-state index in [1.54, 1.807) is 0 Å². The Kier molecular flexibility index (Phi) is 8.93. The van der Waals surface area contributed by atoms with Crippen LogP contribution in [0.4, 0.5) is 10.5 Å². The van der Waals surface area contributed by atoms with Gasteiger partial charge in [-0.15, -0.1) is 0 Å². The Morgan fingerprint density at radius 3 is 2.84 bits per heavy atom. The summed E-state index contributed by atoms with van der Waals surface area (Å²) in [5.41, 5.74) is 1.76. The number of nitrogens with one attached hydrogen (secondary N) is 2. The van der Waals surface area contributed by atoms with Crippen LogP contribution in [0.2, 0.25) is 0 Å². The molecule has 0 saturated carbocycles. The molecule has 9 heteroatoms. The van der Waals surface area contributed by atoms with Crippen LogP contribution in [0.3, 0.4) is 0 Å². The summed E-state index contributed by atoms with van der Waals surface area (Å²) < 4.78 is 11.0. The van der Waals surface area contributed by atoms with Crippen LogP contribution in [0.15, 0.2) is 18.2 Å². The number of amides is 2.